The van der Waals surface area contributed by atoms with E-state index in [1.54, 1.807) is 0 Å². The lowest BCUT2D eigenvalue weighted by atomic mass is 10.3. The lowest BCUT2D eigenvalue weighted by molar-refractivity contribution is -0.141. The smallest absolute Gasteiger partial charge is 0.433 e. The average Bonchev–Trinajstić information content (AvgIpc) is 3.03. The van der Waals surface area contributed by atoms with Gasteiger partial charge in [-0.1, -0.05) is 5.21 Å². The molecule has 0 aliphatic carbocycles. The highest BCUT2D eigenvalue weighted by Gasteiger charge is 2.33. The Morgan fingerprint density at radius 2 is 2.10 bits per heavy atom. The van der Waals surface area contributed by atoms with Gasteiger partial charge < -0.3 is 5.11 Å². The Morgan fingerprint density at radius 1 is 1.33 bits per heavy atom. The summed E-state index contributed by atoms with van der Waals surface area (Å²) in [6.07, 6.45) is -3.47. The summed E-state index contributed by atoms with van der Waals surface area (Å²) < 4.78 is 38.7. The highest BCUT2D eigenvalue weighted by molar-refractivity contribution is 5.86. The number of fused-ring (bicyclic) bond motifs is 1. The lowest BCUT2D eigenvalue weighted by Crippen LogP contribution is -2.07. The molecule has 8 nitrogen and oxygen atoms in total. The zero-order valence-corrected chi connectivity index (χ0v) is 9.96. The predicted molar refractivity (Wildman–Crippen MR) is 60.8 cm³/mol. The fourth-order valence-electron chi connectivity index (χ4n) is 1.69. The maximum atomic E-state index is 12.5. The molecule has 0 aromatic carbocycles. The molecule has 2 N–H and O–H groups in total. The Kier molecular flexibility index (Phi) is 2.64. The molecule has 0 atom stereocenters. The number of halogens is 3. The number of aromatic carboxylic acids is 1. The number of carboxylic acid groups (broad SMARTS) is 1. The SMILES string of the molecule is O=C(O)c1cn(-c2n[nH]c3nc(C(F)(F)F)ccc23)nn1. The van der Waals surface area contributed by atoms with E-state index in [0.29, 0.717) is 0 Å². The van der Waals surface area contributed by atoms with Gasteiger partial charge in [0.05, 0.1) is 11.6 Å². The van der Waals surface area contributed by atoms with E-state index in [0.717, 1.165) is 16.9 Å². The van der Waals surface area contributed by atoms with Crippen molar-refractivity contribution in [1.82, 2.24) is 30.2 Å². The van der Waals surface area contributed by atoms with E-state index in [2.05, 4.69) is 25.5 Å². The van der Waals surface area contributed by atoms with Gasteiger partial charge in [0, 0.05) is 0 Å². The van der Waals surface area contributed by atoms with Crippen molar-refractivity contribution in [1.29, 1.82) is 0 Å². The van der Waals surface area contributed by atoms with E-state index in [1.807, 2.05) is 0 Å². The molecule has 0 fully saturated rings. The van der Waals surface area contributed by atoms with Crippen LogP contribution in [0, 0.1) is 0 Å². The van der Waals surface area contributed by atoms with Crippen LogP contribution in [-0.4, -0.2) is 41.3 Å². The molecule has 0 saturated carbocycles. The van der Waals surface area contributed by atoms with Crippen LogP contribution < -0.4 is 0 Å². The van der Waals surface area contributed by atoms with Gasteiger partial charge in [0.25, 0.3) is 0 Å². The van der Waals surface area contributed by atoms with Crippen molar-refractivity contribution in [2.45, 2.75) is 6.18 Å². The Morgan fingerprint density at radius 3 is 2.71 bits per heavy atom. The number of aromatic amines is 1. The van der Waals surface area contributed by atoms with E-state index in [9.17, 15) is 18.0 Å². The third-order valence-corrected chi connectivity index (χ3v) is 2.62. The largest absolute Gasteiger partial charge is 0.476 e. The zero-order chi connectivity index (χ0) is 15.2. The van der Waals surface area contributed by atoms with Crippen molar-refractivity contribution in [2.24, 2.45) is 0 Å². The molecule has 11 heteroatoms. The van der Waals surface area contributed by atoms with E-state index in [-0.39, 0.29) is 22.5 Å². The minimum absolute atomic E-state index is 0.0906. The second kappa shape index (κ2) is 4.26. The number of alkyl halides is 3. The summed E-state index contributed by atoms with van der Waals surface area (Å²) in [6.45, 7) is 0. The van der Waals surface area contributed by atoms with Crippen LogP contribution in [0.2, 0.25) is 0 Å². The summed E-state index contributed by atoms with van der Waals surface area (Å²) in [7, 11) is 0. The van der Waals surface area contributed by atoms with Crippen LogP contribution in [0.1, 0.15) is 16.2 Å². The third kappa shape index (κ3) is 2.17. The first kappa shape index (κ1) is 13.0. The molecule has 0 bridgehead atoms. The number of hydrogen-bond donors (Lipinski definition) is 2. The highest BCUT2D eigenvalue weighted by atomic mass is 19.4. The van der Waals surface area contributed by atoms with Crippen molar-refractivity contribution in [3.63, 3.8) is 0 Å². The molecule has 3 aromatic heterocycles. The summed E-state index contributed by atoms with van der Waals surface area (Å²) in [5.41, 5.74) is -1.46. The molecule has 0 spiro atoms. The number of hydrogen-bond acceptors (Lipinski definition) is 5. The molecule has 108 valence electrons. The normalized spacial score (nSPS) is 12.0. The molecule has 0 radical (unpaired) electrons. The molecule has 0 saturated heterocycles. The number of nitrogens with zero attached hydrogens (tertiary/aromatic N) is 5. The lowest BCUT2D eigenvalue weighted by Gasteiger charge is -2.04. The topological polar surface area (TPSA) is 110 Å². The van der Waals surface area contributed by atoms with Gasteiger partial charge in [0.2, 0.25) is 0 Å². The molecule has 0 aliphatic heterocycles. The van der Waals surface area contributed by atoms with Gasteiger partial charge in [-0.15, -0.1) is 5.10 Å². The Labute approximate surface area is 113 Å². The first-order chi connectivity index (χ1) is 9.86. The molecule has 21 heavy (non-hydrogen) atoms. The van der Waals surface area contributed by atoms with Crippen LogP contribution in [-0.2, 0) is 6.18 Å². The van der Waals surface area contributed by atoms with E-state index < -0.39 is 17.8 Å². The van der Waals surface area contributed by atoms with Crippen LogP contribution in [0.5, 0.6) is 0 Å². The number of nitrogens with one attached hydrogen (secondary N) is 1. The van der Waals surface area contributed by atoms with Crippen LogP contribution in [0.3, 0.4) is 0 Å². The summed E-state index contributed by atoms with van der Waals surface area (Å²) in [5.74, 6) is -1.18. The fraction of sp³-hybridized carbons (Fsp3) is 0.100. The highest BCUT2D eigenvalue weighted by Crippen LogP contribution is 2.29. The standard InChI is InChI=1S/C10H5F3N6O2/c11-10(12,13)6-2-1-4-7(14-6)16-17-8(4)19-3-5(9(20)21)15-18-19/h1-3H,(H,20,21)(H,14,16,17). The van der Waals surface area contributed by atoms with E-state index >= 15 is 0 Å². The predicted octanol–water partition coefficient (Wildman–Crippen LogP) is 1.26. The van der Waals surface area contributed by atoms with Crippen LogP contribution in [0.4, 0.5) is 13.2 Å². The first-order valence-corrected chi connectivity index (χ1v) is 5.44. The van der Waals surface area contributed by atoms with Gasteiger partial charge in [-0.2, -0.15) is 23.0 Å². The molecule has 0 aliphatic rings. The molecular formula is C10H5F3N6O2. The van der Waals surface area contributed by atoms with Gasteiger partial charge in [0.15, 0.2) is 17.2 Å². The van der Waals surface area contributed by atoms with Crippen LogP contribution in [0.15, 0.2) is 18.3 Å². The fourth-order valence-corrected chi connectivity index (χ4v) is 1.69. The Bertz CT molecular complexity index is 837. The summed E-state index contributed by atoms with van der Waals surface area (Å²) in [5, 5.41) is 22.1. The third-order valence-electron chi connectivity index (χ3n) is 2.62. The Hall–Kier alpha value is -2.98. The van der Waals surface area contributed by atoms with Crippen molar-refractivity contribution in [3.05, 3.63) is 29.7 Å². The average molecular weight is 298 g/mol. The number of carboxylic acids is 1. The van der Waals surface area contributed by atoms with Gasteiger partial charge in [-0.05, 0) is 12.1 Å². The van der Waals surface area contributed by atoms with Crippen LogP contribution in [0.25, 0.3) is 16.9 Å². The molecule has 3 heterocycles. The molecule has 3 rings (SSSR count). The first-order valence-electron chi connectivity index (χ1n) is 5.44. The number of aromatic nitrogens is 6. The van der Waals surface area contributed by atoms with E-state index in [4.69, 9.17) is 5.11 Å². The summed E-state index contributed by atoms with van der Waals surface area (Å²) in [4.78, 5) is 14.1. The van der Waals surface area contributed by atoms with Gasteiger partial charge in [-0.3, -0.25) is 5.10 Å². The number of carbonyl (C=O) groups is 1. The second-order valence-corrected chi connectivity index (χ2v) is 3.99. The number of H-pyrrole nitrogens is 1. The maximum absolute atomic E-state index is 12.5. The van der Waals surface area contributed by atoms with Crippen LogP contribution >= 0.6 is 0 Å². The minimum Gasteiger partial charge on any atom is -0.476 e. The minimum atomic E-state index is -4.57. The van der Waals surface area contributed by atoms with Gasteiger partial charge in [0.1, 0.15) is 5.69 Å². The van der Waals surface area contributed by atoms with E-state index in [1.165, 1.54) is 6.07 Å². The monoisotopic (exact) mass is 298 g/mol. The molecule has 3 aromatic rings. The van der Waals surface area contributed by atoms with Crippen molar-refractivity contribution in [2.75, 3.05) is 0 Å². The number of pyridine rings is 1. The summed E-state index contributed by atoms with van der Waals surface area (Å²) in [6, 6.07) is 1.97. The Balaban J connectivity index is 2.10. The number of rotatable bonds is 2. The molecular weight excluding hydrogens is 293 g/mol. The second-order valence-electron chi connectivity index (χ2n) is 3.99. The summed E-state index contributed by atoms with van der Waals surface area (Å²) >= 11 is 0. The van der Waals surface area contributed by atoms with Crippen molar-refractivity contribution >= 4 is 17.0 Å². The maximum Gasteiger partial charge on any atom is 0.433 e. The van der Waals surface area contributed by atoms with Gasteiger partial charge >= 0.3 is 12.1 Å². The molecule has 0 amide bonds. The quantitative estimate of drug-likeness (QED) is 0.737. The van der Waals surface area contributed by atoms with Crippen molar-refractivity contribution in [3.8, 4) is 5.82 Å². The molecule has 0 unspecified atom stereocenters. The van der Waals surface area contributed by atoms with Crippen molar-refractivity contribution < 1.29 is 23.1 Å². The van der Waals surface area contributed by atoms with Gasteiger partial charge in [-0.25, -0.2) is 9.78 Å². The zero-order valence-electron chi connectivity index (χ0n) is 9.96.